The molecule has 2 rings (SSSR count). The molecular formula is C16H15O4. The molecule has 0 N–H and O–H groups in total. The van der Waals surface area contributed by atoms with E-state index in [0.29, 0.717) is 23.5 Å². The Morgan fingerprint density at radius 1 is 1.05 bits per heavy atom. The van der Waals surface area contributed by atoms with Gasteiger partial charge >= 0.3 is 5.97 Å². The molecule has 4 heteroatoms. The molecule has 0 aliphatic heterocycles. The predicted octanol–water partition coefficient (Wildman–Crippen LogP) is 2.98. The van der Waals surface area contributed by atoms with Crippen LogP contribution in [-0.4, -0.2) is 13.1 Å². The molecule has 0 aliphatic carbocycles. The van der Waals surface area contributed by atoms with Crippen molar-refractivity contribution in [1.29, 1.82) is 0 Å². The number of hydrogen-bond acceptors (Lipinski definition) is 3. The Hall–Kier alpha value is -2.33. The monoisotopic (exact) mass is 271 g/mol. The number of carbonyl (C=O) groups excluding carboxylic acids is 1. The molecule has 0 fully saturated rings. The van der Waals surface area contributed by atoms with Gasteiger partial charge in [0, 0.05) is 0 Å². The average Bonchev–Trinajstić information content (AvgIpc) is 2.53. The molecule has 1 radical (unpaired) electrons. The molecule has 2 aromatic rings. The van der Waals surface area contributed by atoms with Gasteiger partial charge in [-0.2, -0.15) is 0 Å². The number of carbonyl (C=O) groups is 1. The standard InChI is InChI=1S/C16H15O4/c1-19-16(18)14-7-5-12(6-8-14)11-20-15-4-2-3-13(9-15)10-17/h2-9H,10-11H2,1H3. The smallest absolute Gasteiger partial charge is 0.337 e. The third-order valence-corrected chi connectivity index (χ3v) is 2.85. The van der Waals surface area contributed by atoms with Gasteiger partial charge in [0.1, 0.15) is 19.0 Å². The molecule has 0 atom stereocenters. The van der Waals surface area contributed by atoms with E-state index in [2.05, 4.69) is 4.74 Å². The van der Waals surface area contributed by atoms with E-state index in [9.17, 15) is 9.90 Å². The second-order valence-electron chi connectivity index (χ2n) is 4.27. The lowest BCUT2D eigenvalue weighted by Gasteiger charge is -2.07. The summed E-state index contributed by atoms with van der Waals surface area (Å²) in [5.74, 6) is 0.302. The lowest BCUT2D eigenvalue weighted by atomic mass is 10.1. The summed E-state index contributed by atoms with van der Waals surface area (Å²) < 4.78 is 10.2. The van der Waals surface area contributed by atoms with E-state index in [1.165, 1.54) is 7.11 Å². The highest BCUT2D eigenvalue weighted by atomic mass is 16.5. The van der Waals surface area contributed by atoms with E-state index in [1.807, 2.05) is 18.2 Å². The number of methoxy groups -OCH3 is 1. The van der Waals surface area contributed by atoms with Gasteiger partial charge in [0.25, 0.3) is 0 Å². The summed E-state index contributed by atoms with van der Waals surface area (Å²) in [4.78, 5) is 11.3. The van der Waals surface area contributed by atoms with Crippen molar-refractivity contribution in [2.24, 2.45) is 0 Å². The Bertz CT molecular complexity index is 575. The second kappa shape index (κ2) is 6.73. The summed E-state index contributed by atoms with van der Waals surface area (Å²) in [5, 5.41) is 10.8. The van der Waals surface area contributed by atoms with Crippen LogP contribution >= 0.6 is 0 Å². The van der Waals surface area contributed by atoms with Crippen molar-refractivity contribution in [3.63, 3.8) is 0 Å². The van der Waals surface area contributed by atoms with Crippen LogP contribution in [0.3, 0.4) is 0 Å². The third-order valence-electron chi connectivity index (χ3n) is 2.85. The lowest BCUT2D eigenvalue weighted by Crippen LogP contribution is -2.02. The maximum Gasteiger partial charge on any atom is 0.337 e. The third kappa shape index (κ3) is 3.59. The van der Waals surface area contributed by atoms with Crippen LogP contribution in [0.15, 0.2) is 48.5 Å². The molecule has 20 heavy (non-hydrogen) atoms. The van der Waals surface area contributed by atoms with E-state index in [1.54, 1.807) is 30.3 Å². The van der Waals surface area contributed by atoms with E-state index in [0.717, 1.165) is 5.56 Å². The lowest BCUT2D eigenvalue weighted by molar-refractivity contribution is 0.0600. The zero-order valence-electron chi connectivity index (χ0n) is 11.2. The van der Waals surface area contributed by atoms with Gasteiger partial charge in [0.2, 0.25) is 0 Å². The fraction of sp³-hybridized carbons (Fsp3) is 0.188. The summed E-state index contributed by atoms with van der Waals surface area (Å²) in [6.07, 6.45) is 0. The molecule has 4 nitrogen and oxygen atoms in total. The predicted molar refractivity (Wildman–Crippen MR) is 72.9 cm³/mol. The number of ether oxygens (including phenoxy) is 2. The summed E-state index contributed by atoms with van der Waals surface area (Å²) >= 11 is 0. The van der Waals surface area contributed by atoms with Gasteiger partial charge in [-0.1, -0.05) is 24.3 Å². The van der Waals surface area contributed by atoms with Gasteiger partial charge in [-0.25, -0.2) is 9.90 Å². The Kier molecular flexibility index (Phi) is 4.74. The molecule has 2 aromatic carbocycles. The molecule has 0 spiro atoms. The minimum Gasteiger partial charge on any atom is -0.489 e. The van der Waals surface area contributed by atoms with Gasteiger partial charge in [-0.05, 0) is 35.4 Å². The van der Waals surface area contributed by atoms with Crippen LogP contribution in [0, 0.1) is 0 Å². The van der Waals surface area contributed by atoms with Gasteiger partial charge < -0.3 is 9.47 Å². The van der Waals surface area contributed by atoms with Crippen LogP contribution in [-0.2, 0) is 23.1 Å². The molecule has 0 aliphatic rings. The van der Waals surface area contributed by atoms with Gasteiger partial charge in [-0.15, -0.1) is 0 Å². The first-order valence-electron chi connectivity index (χ1n) is 6.20. The van der Waals surface area contributed by atoms with Crippen LogP contribution < -0.4 is 4.74 Å². The van der Waals surface area contributed by atoms with Crippen LogP contribution in [0.4, 0.5) is 0 Å². The van der Waals surface area contributed by atoms with Gasteiger partial charge in [-0.3, -0.25) is 0 Å². The number of hydrogen-bond donors (Lipinski definition) is 0. The minimum absolute atomic E-state index is 0.259. The molecule has 0 amide bonds. The Morgan fingerprint density at radius 2 is 1.80 bits per heavy atom. The summed E-state index contributed by atoms with van der Waals surface area (Å²) in [5.41, 5.74) is 2.14. The first kappa shape index (κ1) is 14.1. The fourth-order valence-electron chi connectivity index (χ4n) is 1.75. The van der Waals surface area contributed by atoms with Crippen molar-refractivity contribution in [2.45, 2.75) is 13.2 Å². The molecule has 103 valence electrons. The van der Waals surface area contributed by atoms with Crippen molar-refractivity contribution in [2.75, 3.05) is 7.11 Å². The zero-order chi connectivity index (χ0) is 14.4. The topological polar surface area (TPSA) is 55.4 Å². The number of esters is 1. The van der Waals surface area contributed by atoms with E-state index in [-0.39, 0.29) is 12.6 Å². The molecule has 0 bridgehead atoms. The highest BCUT2D eigenvalue weighted by Crippen LogP contribution is 2.15. The van der Waals surface area contributed by atoms with E-state index >= 15 is 0 Å². The Balaban J connectivity index is 1.98. The highest BCUT2D eigenvalue weighted by Gasteiger charge is 2.04. The van der Waals surface area contributed by atoms with Crippen LogP contribution in [0.1, 0.15) is 21.5 Å². The van der Waals surface area contributed by atoms with Crippen LogP contribution in [0.2, 0.25) is 0 Å². The first-order valence-corrected chi connectivity index (χ1v) is 6.20. The van der Waals surface area contributed by atoms with E-state index in [4.69, 9.17) is 4.74 Å². The van der Waals surface area contributed by atoms with Crippen molar-refractivity contribution < 1.29 is 19.4 Å². The van der Waals surface area contributed by atoms with Gasteiger partial charge in [0.05, 0.1) is 12.7 Å². The normalized spacial score (nSPS) is 10.1. The summed E-state index contributed by atoms with van der Waals surface area (Å²) in [6, 6.07) is 14.1. The molecule has 0 unspecified atom stereocenters. The summed E-state index contributed by atoms with van der Waals surface area (Å²) in [6.45, 7) is 0.120. The van der Waals surface area contributed by atoms with Crippen molar-refractivity contribution in [3.05, 3.63) is 65.2 Å². The molecule has 0 saturated carbocycles. The molecule has 0 saturated heterocycles. The van der Waals surface area contributed by atoms with Crippen molar-refractivity contribution in [1.82, 2.24) is 0 Å². The minimum atomic E-state index is -0.361. The second-order valence-corrected chi connectivity index (χ2v) is 4.27. The molecular weight excluding hydrogens is 256 g/mol. The van der Waals surface area contributed by atoms with E-state index < -0.39 is 0 Å². The Morgan fingerprint density at radius 3 is 2.45 bits per heavy atom. The van der Waals surface area contributed by atoms with Gasteiger partial charge in [0.15, 0.2) is 0 Å². The van der Waals surface area contributed by atoms with Crippen molar-refractivity contribution in [3.8, 4) is 5.75 Å². The number of benzene rings is 2. The summed E-state index contributed by atoms with van der Waals surface area (Å²) in [7, 11) is 1.35. The molecule has 0 heterocycles. The maximum atomic E-state index is 11.3. The highest BCUT2D eigenvalue weighted by molar-refractivity contribution is 5.89. The molecule has 0 aromatic heterocycles. The quantitative estimate of drug-likeness (QED) is 0.785. The van der Waals surface area contributed by atoms with Crippen LogP contribution in [0.25, 0.3) is 0 Å². The average molecular weight is 271 g/mol. The maximum absolute atomic E-state index is 11.3. The SMILES string of the molecule is COC(=O)c1ccc(COc2cccc(C[O])c2)cc1. The Labute approximate surface area is 117 Å². The first-order chi connectivity index (χ1) is 9.72. The van der Waals surface area contributed by atoms with Crippen molar-refractivity contribution >= 4 is 5.97 Å². The fourth-order valence-corrected chi connectivity index (χ4v) is 1.75. The van der Waals surface area contributed by atoms with Crippen LogP contribution in [0.5, 0.6) is 5.75 Å². The zero-order valence-corrected chi connectivity index (χ0v) is 11.2. The number of rotatable bonds is 5. The largest absolute Gasteiger partial charge is 0.489 e.